The Morgan fingerprint density at radius 3 is 2.04 bits per heavy atom. The Bertz CT molecular complexity index is 1930. The van der Waals surface area contributed by atoms with Crippen LogP contribution in [-0.2, 0) is 35.2 Å². The van der Waals surface area contributed by atoms with Gasteiger partial charge >= 0.3 is 6.03 Å². The highest BCUT2D eigenvalue weighted by Gasteiger charge is 2.32. The molecule has 0 bridgehead atoms. The Labute approximate surface area is 264 Å². The smallest absolute Gasteiger partial charge is 0.325 e. The second-order valence-corrected chi connectivity index (χ2v) is 16.3. The lowest BCUT2D eigenvalue weighted by Gasteiger charge is -2.37. The number of hydrogen-bond donors (Lipinski definition) is 2. The van der Waals surface area contributed by atoms with Gasteiger partial charge in [-0.05, 0) is 73.7 Å². The van der Waals surface area contributed by atoms with E-state index in [1.165, 1.54) is 0 Å². The molecule has 2 N–H and O–H groups in total. The highest BCUT2D eigenvalue weighted by molar-refractivity contribution is 8.17. The van der Waals surface area contributed by atoms with Gasteiger partial charge in [0, 0.05) is 35.2 Å². The Hall–Kier alpha value is -5.01. The first-order valence-corrected chi connectivity index (χ1v) is 17.8. The minimum absolute atomic E-state index is 0.0106. The van der Waals surface area contributed by atoms with Crippen LogP contribution in [0.3, 0.4) is 0 Å². The number of rotatable bonds is 7. The average Bonchev–Trinajstić information content (AvgIpc) is 3.05. The van der Waals surface area contributed by atoms with E-state index >= 15 is 0 Å². The van der Waals surface area contributed by atoms with Crippen LogP contribution in [0.4, 0.5) is 10.5 Å². The molecule has 1 heterocycles. The van der Waals surface area contributed by atoms with Gasteiger partial charge in [0.25, 0.3) is 5.91 Å². The highest BCUT2D eigenvalue weighted by Crippen LogP contribution is 2.36. The molecule has 0 aromatic heterocycles. The molecule has 1 aliphatic heterocycles. The summed E-state index contributed by atoms with van der Waals surface area (Å²) in [5.74, 6) is -0.0106. The zero-order valence-electron chi connectivity index (χ0n) is 25.5. The van der Waals surface area contributed by atoms with Crippen molar-refractivity contribution in [2.45, 2.75) is 30.8 Å². The third kappa shape index (κ3) is 6.59. The summed E-state index contributed by atoms with van der Waals surface area (Å²) in [6, 6.07) is 40.5. The van der Waals surface area contributed by atoms with Crippen LogP contribution in [0.2, 0.25) is 0 Å². The summed E-state index contributed by atoms with van der Waals surface area (Å²) >= 11 is 0. The SMILES string of the molecule is CS(C)(=O)(NC(=O)NCc1ccccc1)c1ccccc1-c1ccc(CN2C(=O)c3ccccc3CCc3ccccc32)cc1. The van der Waals surface area contributed by atoms with Crippen LogP contribution < -0.4 is 14.9 Å². The van der Waals surface area contributed by atoms with Crippen molar-refractivity contribution in [3.05, 3.63) is 155 Å². The van der Waals surface area contributed by atoms with Crippen molar-refractivity contribution in [3.63, 3.8) is 0 Å². The third-order valence-corrected chi connectivity index (χ3v) is 10.7. The molecule has 1 aliphatic rings. The molecule has 6 rings (SSSR count). The molecule has 45 heavy (non-hydrogen) atoms. The van der Waals surface area contributed by atoms with Crippen molar-refractivity contribution in [1.82, 2.24) is 10.0 Å². The number of fused-ring (bicyclic) bond motifs is 2. The van der Waals surface area contributed by atoms with Crippen molar-refractivity contribution in [1.29, 1.82) is 0 Å². The average molecular weight is 616 g/mol. The Morgan fingerprint density at radius 2 is 1.29 bits per heavy atom. The molecule has 5 aromatic rings. The molecule has 3 amide bonds. The summed E-state index contributed by atoms with van der Waals surface area (Å²) in [5.41, 5.74) is 7.46. The Morgan fingerprint density at radius 1 is 0.689 bits per heavy atom. The van der Waals surface area contributed by atoms with Gasteiger partial charge in [0.2, 0.25) is 0 Å². The lowest BCUT2D eigenvalue weighted by Crippen LogP contribution is -2.52. The number of carbonyl (C=O) groups excluding carboxylic acids is 2. The second-order valence-electron chi connectivity index (χ2n) is 12.0. The van der Waals surface area contributed by atoms with Gasteiger partial charge in [-0.1, -0.05) is 109 Å². The van der Waals surface area contributed by atoms with Crippen LogP contribution in [-0.4, -0.2) is 28.7 Å². The van der Waals surface area contributed by atoms with Crippen LogP contribution >= 0.6 is 0 Å². The van der Waals surface area contributed by atoms with E-state index < -0.39 is 15.3 Å². The summed E-state index contributed by atoms with van der Waals surface area (Å²) < 4.78 is 17.2. The minimum atomic E-state index is -3.81. The number of anilines is 1. The van der Waals surface area contributed by atoms with E-state index in [0.29, 0.717) is 18.0 Å². The van der Waals surface area contributed by atoms with E-state index in [9.17, 15) is 13.8 Å². The maximum atomic E-state index is 14.4. The minimum Gasteiger partial charge on any atom is -0.333 e. The second kappa shape index (κ2) is 12.2. The molecule has 0 spiro atoms. The maximum Gasteiger partial charge on any atom is 0.325 e. The fourth-order valence-corrected chi connectivity index (χ4v) is 7.97. The van der Waals surface area contributed by atoms with Crippen molar-refractivity contribution in [2.75, 3.05) is 17.4 Å². The molecular formula is C38H37N3O3S. The van der Waals surface area contributed by atoms with E-state index in [-0.39, 0.29) is 5.91 Å². The largest absolute Gasteiger partial charge is 0.333 e. The van der Waals surface area contributed by atoms with Crippen LogP contribution in [0, 0.1) is 0 Å². The quantitative estimate of drug-likeness (QED) is 0.204. The van der Waals surface area contributed by atoms with Gasteiger partial charge in [-0.25, -0.2) is 4.79 Å². The van der Waals surface area contributed by atoms with Gasteiger partial charge < -0.3 is 10.2 Å². The summed E-state index contributed by atoms with van der Waals surface area (Å²) in [6.07, 6.45) is 4.87. The lowest BCUT2D eigenvalue weighted by molar-refractivity contribution is 0.0983. The molecule has 0 atom stereocenters. The molecular weight excluding hydrogens is 579 g/mol. The van der Waals surface area contributed by atoms with E-state index in [0.717, 1.165) is 57.5 Å². The lowest BCUT2D eigenvalue weighted by atomic mass is 9.94. The number of aryl methyl sites for hydroxylation is 2. The molecule has 0 saturated heterocycles. The van der Waals surface area contributed by atoms with Gasteiger partial charge in [0.1, 0.15) is 0 Å². The Balaban J connectivity index is 1.25. The van der Waals surface area contributed by atoms with Crippen LogP contribution in [0.5, 0.6) is 0 Å². The number of hydrogen-bond acceptors (Lipinski definition) is 3. The zero-order chi connectivity index (χ0) is 31.5. The molecule has 0 fully saturated rings. The van der Waals surface area contributed by atoms with E-state index in [1.807, 2.05) is 126 Å². The molecule has 228 valence electrons. The first-order valence-electron chi connectivity index (χ1n) is 15.0. The van der Waals surface area contributed by atoms with Crippen LogP contribution in [0.1, 0.15) is 32.6 Å². The van der Waals surface area contributed by atoms with E-state index in [2.05, 4.69) is 16.1 Å². The number of nitrogens with one attached hydrogen (secondary N) is 2. The summed E-state index contributed by atoms with van der Waals surface area (Å²) in [5, 5.41) is 2.83. The molecule has 0 saturated carbocycles. The standard InChI is InChI=1S/C38H37N3O3S/c1-45(2,44,40-38(43)39-26-28-12-4-3-5-13-28)36-19-11-9-16-33(36)31-22-20-29(21-23-31)27-41-35-18-10-7-15-32(35)25-24-30-14-6-8-17-34(30)37(41)42/h3-23H,24-27H2,1-2H3,(H2,39,40,43,44). The summed E-state index contributed by atoms with van der Waals surface area (Å²) in [6.45, 7) is 0.741. The topological polar surface area (TPSA) is 78.5 Å². The monoisotopic (exact) mass is 615 g/mol. The predicted molar refractivity (Wildman–Crippen MR) is 183 cm³/mol. The van der Waals surface area contributed by atoms with Gasteiger partial charge in [0.15, 0.2) is 0 Å². The Kier molecular flexibility index (Phi) is 8.12. The van der Waals surface area contributed by atoms with Crippen molar-refractivity contribution in [3.8, 4) is 11.1 Å². The van der Waals surface area contributed by atoms with Gasteiger partial charge in [-0.2, -0.15) is 0 Å². The zero-order valence-corrected chi connectivity index (χ0v) is 26.3. The first kappa shape index (κ1) is 30.0. The van der Waals surface area contributed by atoms with Crippen molar-refractivity contribution in [2.24, 2.45) is 0 Å². The van der Waals surface area contributed by atoms with Crippen molar-refractivity contribution >= 4 is 26.9 Å². The molecule has 0 aliphatic carbocycles. The molecule has 0 unspecified atom stereocenters. The summed E-state index contributed by atoms with van der Waals surface area (Å²) in [7, 11) is -3.81. The normalized spacial score (nSPS) is 13.8. The van der Waals surface area contributed by atoms with Gasteiger partial charge in [0.05, 0.1) is 6.54 Å². The van der Waals surface area contributed by atoms with Gasteiger partial charge in [-0.3, -0.25) is 13.7 Å². The fraction of sp³-hybridized carbons (Fsp3) is 0.158. The van der Waals surface area contributed by atoms with E-state index in [1.54, 1.807) is 12.5 Å². The van der Waals surface area contributed by atoms with Crippen LogP contribution in [0.25, 0.3) is 11.1 Å². The number of benzene rings is 5. The van der Waals surface area contributed by atoms with Crippen molar-refractivity contribution < 1.29 is 13.8 Å². The number of carbonyl (C=O) groups is 2. The number of nitrogens with zero attached hydrogens (tertiary/aromatic N) is 1. The summed E-state index contributed by atoms with van der Waals surface area (Å²) in [4.78, 5) is 29.2. The fourth-order valence-electron chi connectivity index (χ4n) is 5.95. The molecule has 7 heteroatoms. The maximum absolute atomic E-state index is 14.4. The highest BCUT2D eigenvalue weighted by atomic mass is 32.3. The molecule has 0 radical (unpaired) electrons. The van der Waals surface area contributed by atoms with Crippen LogP contribution in [0.15, 0.2) is 132 Å². The number of urea groups is 1. The van der Waals surface area contributed by atoms with Gasteiger partial charge in [-0.15, -0.1) is 0 Å². The third-order valence-electron chi connectivity index (χ3n) is 8.26. The number of para-hydroxylation sites is 1. The molecule has 6 nitrogen and oxygen atoms in total. The first-order chi connectivity index (χ1) is 21.7. The van der Waals surface area contributed by atoms with E-state index in [4.69, 9.17) is 0 Å². The molecule has 5 aromatic carbocycles. The predicted octanol–water partition coefficient (Wildman–Crippen LogP) is 7.15. The number of amides is 3.